The molecule has 1 aromatic carbocycles. The van der Waals surface area contributed by atoms with E-state index in [1.54, 1.807) is 14.1 Å². The van der Waals surface area contributed by atoms with E-state index in [0.29, 0.717) is 23.1 Å². The maximum Gasteiger partial charge on any atom is 0.255 e. The summed E-state index contributed by atoms with van der Waals surface area (Å²) in [6.45, 7) is 2.38. The third-order valence-corrected chi connectivity index (χ3v) is 10.6. The van der Waals surface area contributed by atoms with Gasteiger partial charge < -0.3 is 31.1 Å². The SMILES string of the molecule is CN(C)c1cc(CN2CCC3(CCC3)C2)c(O)c2c1C[C@H]1C[C@H]3[C@H](N(C)C)C(=O)C(C(N)=O)=C(O)[C@@]3(O)C(=O)C1=C2O. The lowest BCUT2D eigenvalue weighted by atomic mass is 9.57. The molecule has 1 spiro atoms. The molecule has 1 heterocycles. The average Bonchev–Trinajstić information content (AvgIpc) is 3.32. The van der Waals surface area contributed by atoms with Crippen LogP contribution in [0.25, 0.3) is 5.76 Å². The zero-order valence-electron chi connectivity index (χ0n) is 24.6. The molecule has 3 fully saturated rings. The predicted octanol–water partition coefficient (Wildman–Crippen LogP) is 1.41. The van der Waals surface area contributed by atoms with E-state index in [1.807, 2.05) is 25.1 Å². The monoisotopic (exact) mass is 580 g/mol. The van der Waals surface area contributed by atoms with Gasteiger partial charge in [0.2, 0.25) is 5.78 Å². The van der Waals surface area contributed by atoms with Gasteiger partial charge in [-0.05, 0) is 75.7 Å². The molecule has 11 nitrogen and oxygen atoms in total. The van der Waals surface area contributed by atoms with Gasteiger partial charge >= 0.3 is 0 Å². The lowest BCUT2D eigenvalue weighted by Gasteiger charge is -2.50. The molecule has 1 aromatic rings. The largest absolute Gasteiger partial charge is 0.508 e. The van der Waals surface area contributed by atoms with Gasteiger partial charge in [0.25, 0.3) is 5.91 Å². The number of nitrogens with two attached hydrogens (primary N) is 1. The second-order valence-electron chi connectivity index (χ2n) is 13.4. The summed E-state index contributed by atoms with van der Waals surface area (Å²) in [5.41, 5.74) is 4.45. The third-order valence-electron chi connectivity index (χ3n) is 10.6. The van der Waals surface area contributed by atoms with Crippen LogP contribution >= 0.6 is 0 Å². The van der Waals surface area contributed by atoms with Crippen LogP contribution in [0.3, 0.4) is 0 Å². The first kappa shape index (κ1) is 28.7. The van der Waals surface area contributed by atoms with E-state index in [1.165, 1.54) is 24.2 Å². The molecule has 0 bridgehead atoms. The van der Waals surface area contributed by atoms with Crippen molar-refractivity contribution in [2.75, 3.05) is 46.2 Å². The van der Waals surface area contributed by atoms with Gasteiger partial charge in [0, 0.05) is 49.9 Å². The molecule has 11 heteroatoms. The van der Waals surface area contributed by atoms with Crippen molar-refractivity contribution in [1.29, 1.82) is 0 Å². The number of likely N-dealkylation sites (N-methyl/N-ethyl adjacent to an activating group) is 1. The quantitative estimate of drug-likeness (QED) is 0.321. The van der Waals surface area contributed by atoms with Crippen molar-refractivity contribution in [1.82, 2.24) is 9.80 Å². The number of carbonyl (C=O) groups excluding carboxylic acids is 3. The molecule has 0 radical (unpaired) electrons. The first-order valence-corrected chi connectivity index (χ1v) is 14.6. The Morgan fingerprint density at radius 2 is 1.81 bits per heavy atom. The van der Waals surface area contributed by atoms with Crippen molar-refractivity contribution in [3.8, 4) is 5.75 Å². The standard InChI is InChI=1S/C31H40N4O7/c1-33(2)19-12-16(13-35-9-8-30(14-35)6-5-7-30)24(36)21-17(19)10-15-11-18-23(34(3)4)26(38)22(29(32)41)28(40)31(18,42)27(39)20(15)25(21)37/h12,15,18,23,36-37,40,42H,5-11,13-14H2,1-4H3,(H2,32,41)/t15-,18-,23-,31-/m0/s1. The van der Waals surface area contributed by atoms with E-state index in [4.69, 9.17) is 5.73 Å². The Labute approximate surface area is 244 Å². The van der Waals surface area contributed by atoms with E-state index in [-0.39, 0.29) is 29.7 Å². The Bertz CT molecular complexity index is 1470. The summed E-state index contributed by atoms with van der Waals surface area (Å²) in [6.07, 6.45) is 5.16. The number of aliphatic hydroxyl groups is 3. The number of nitrogens with zero attached hydrogens (tertiary/aromatic N) is 3. The van der Waals surface area contributed by atoms with Crippen molar-refractivity contribution in [3.05, 3.63) is 39.7 Å². The lowest BCUT2D eigenvalue weighted by Crippen LogP contribution is -2.65. The number of likely N-dealkylation sites (tertiary alicyclic amines) is 1. The number of aromatic hydroxyl groups is 1. The second-order valence-corrected chi connectivity index (χ2v) is 13.4. The Balaban J connectivity index is 1.48. The number of phenols is 1. The number of anilines is 1. The van der Waals surface area contributed by atoms with Gasteiger partial charge in [-0.3, -0.25) is 24.2 Å². The van der Waals surface area contributed by atoms with Gasteiger partial charge in [-0.25, -0.2) is 0 Å². The molecule has 42 heavy (non-hydrogen) atoms. The molecule has 0 unspecified atom stereocenters. The lowest BCUT2D eigenvalue weighted by molar-refractivity contribution is -0.153. The summed E-state index contributed by atoms with van der Waals surface area (Å²) >= 11 is 0. The molecule has 4 aliphatic carbocycles. The van der Waals surface area contributed by atoms with Crippen LogP contribution in [0.4, 0.5) is 5.69 Å². The van der Waals surface area contributed by atoms with E-state index in [9.17, 15) is 34.8 Å². The molecule has 226 valence electrons. The second kappa shape index (κ2) is 9.55. The zero-order valence-corrected chi connectivity index (χ0v) is 24.6. The van der Waals surface area contributed by atoms with Crippen LogP contribution in [0.1, 0.15) is 48.8 Å². The molecule has 1 amide bonds. The molecular weight excluding hydrogens is 540 g/mol. The number of primary amides is 1. The number of rotatable bonds is 5. The van der Waals surface area contributed by atoms with Crippen LogP contribution in [0.2, 0.25) is 0 Å². The normalized spacial score (nSPS) is 30.4. The Kier molecular flexibility index (Phi) is 6.53. The minimum atomic E-state index is -2.64. The molecule has 4 atom stereocenters. The third kappa shape index (κ3) is 3.86. The van der Waals surface area contributed by atoms with E-state index < -0.39 is 58.0 Å². The number of aliphatic hydroxyl groups excluding tert-OH is 2. The van der Waals surface area contributed by atoms with Gasteiger partial charge in [0.1, 0.15) is 22.8 Å². The maximum atomic E-state index is 14.1. The number of fused-ring (bicyclic) bond motifs is 3. The van der Waals surface area contributed by atoms with Crippen LogP contribution in [0.5, 0.6) is 5.75 Å². The maximum absolute atomic E-state index is 14.1. The molecule has 1 saturated heterocycles. The molecule has 6 N–H and O–H groups in total. The fourth-order valence-electron chi connectivity index (χ4n) is 8.35. The Hall–Kier alpha value is -3.41. The van der Waals surface area contributed by atoms with Crippen LogP contribution in [-0.2, 0) is 27.3 Å². The predicted molar refractivity (Wildman–Crippen MR) is 155 cm³/mol. The highest BCUT2D eigenvalue weighted by molar-refractivity contribution is 6.24. The molecular formula is C31H40N4O7. The van der Waals surface area contributed by atoms with Crippen LogP contribution < -0.4 is 10.6 Å². The Morgan fingerprint density at radius 3 is 2.36 bits per heavy atom. The number of phenolic OH excluding ortho intramolecular Hbond substituents is 1. The highest BCUT2D eigenvalue weighted by Gasteiger charge is 2.64. The van der Waals surface area contributed by atoms with E-state index in [2.05, 4.69) is 4.90 Å². The smallest absolute Gasteiger partial charge is 0.255 e. The molecule has 6 rings (SSSR count). The molecule has 2 saturated carbocycles. The molecule has 5 aliphatic rings. The number of hydrogen-bond donors (Lipinski definition) is 5. The summed E-state index contributed by atoms with van der Waals surface area (Å²) in [5.74, 6) is -6.35. The summed E-state index contributed by atoms with van der Waals surface area (Å²) in [5, 5.41) is 46.2. The van der Waals surface area contributed by atoms with Gasteiger partial charge in [-0.2, -0.15) is 0 Å². The van der Waals surface area contributed by atoms with Gasteiger partial charge in [0.05, 0.1) is 11.6 Å². The van der Waals surface area contributed by atoms with Crippen LogP contribution in [0.15, 0.2) is 23.0 Å². The van der Waals surface area contributed by atoms with Crippen molar-refractivity contribution in [2.45, 2.75) is 56.7 Å². The molecule has 1 aliphatic heterocycles. The van der Waals surface area contributed by atoms with E-state index >= 15 is 0 Å². The number of ketones is 2. The zero-order chi connectivity index (χ0) is 30.5. The number of Topliss-reactive ketones (excluding diaryl/α,β-unsaturated/α-hetero) is 2. The summed E-state index contributed by atoms with van der Waals surface area (Å²) in [6, 6.07) is 0.839. The highest BCUT2D eigenvalue weighted by atomic mass is 16.3. The number of amides is 1. The number of hydrogen-bond acceptors (Lipinski definition) is 10. The van der Waals surface area contributed by atoms with Gasteiger partial charge in [0.15, 0.2) is 11.4 Å². The molecule has 0 aromatic heterocycles. The minimum Gasteiger partial charge on any atom is -0.508 e. The van der Waals surface area contributed by atoms with E-state index in [0.717, 1.165) is 25.2 Å². The Morgan fingerprint density at radius 1 is 1.12 bits per heavy atom. The van der Waals surface area contributed by atoms with Crippen molar-refractivity contribution >= 4 is 28.9 Å². The first-order valence-electron chi connectivity index (χ1n) is 14.6. The fraction of sp³-hybridized carbons (Fsp3) is 0.581. The van der Waals surface area contributed by atoms with Crippen molar-refractivity contribution in [3.63, 3.8) is 0 Å². The van der Waals surface area contributed by atoms with Crippen LogP contribution in [-0.4, -0.2) is 101 Å². The summed E-state index contributed by atoms with van der Waals surface area (Å²) in [4.78, 5) is 45.4. The van der Waals surface area contributed by atoms with Crippen LogP contribution in [0, 0.1) is 17.3 Å². The average molecular weight is 581 g/mol. The topological polar surface area (TPSA) is 168 Å². The van der Waals surface area contributed by atoms with Gasteiger partial charge in [-0.15, -0.1) is 0 Å². The number of carbonyl (C=O) groups is 3. The van der Waals surface area contributed by atoms with Gasteiger partial charge in [-0.1, -0.05) is 6.42 Å². The van der Waals surface area contributed by atoms with Crippen molar-refractivity contribution in [2.24, 2.45) is 23.0 Å². The first-order chi connectivity index (χ1) is 19.7. The highest BCUT2D eigenvalue weighted by Crippen LogP contribution is 2.54. The number of benzene rings is 1. The summed E-state index contributed by atoms with van der Waals surface area (Å²) < 4.78 is 0. The summed E-state index contributed by atoms with van der Waals surface area (Å²) in [7, 11) is 6.94. The van der Waals surface area contributed by atoms with Crippen molar-refractivity contribution < 1.29 is 34.8 Å². The fourth-order valence-corrected chi connectivity index (χ4v) is 8.35. The minimum absolute atomic E-state index is 0.0665.